The number of fused-ring (bicyclic) bond motifs is 1. The standard InChI is InChI=1S/C10H11N3OS/c1-2-4-9(14)11-7-5-3-6-8-10(7)13-15-12-8/h3,5-6H,2,4H2,1H3,(H,11,14). The molecule has 0 aliphatic heterocycles. The molecule has 0 aliphatic carbocycles. The number of anilines is 1. The van der Waals surface area contributed by atoms with Crippen molar-refractivity contribution in [3.63, 3.8) is 0 Å². The van der Waals surface area contributed by atoms with E-state index in [0.29, 0.717) is 6.42 Å². The molecular formula is C10H11N3OS. The monoisotopic (exact) mass is 221 g/mol. The van der Waals surface area contributed by atoms with E-state index in [1.54, 1.807) is 0 Å². The van der Waals surface area contributed by atoms with Crippen LogP contribution in [0.2, 0.25) is 0 Å². The number of aromatic nitrogens is 2. The molecule has 1 heterocycles. The Balaban J connectivity index is 2.27. The summed E-state index contributed by atoms with van der Waals surface area (Å²) in [6.07, 6.45) is 1.38. The van der Waals surface area contributed by atoms with Crippen LogP contribution < -0.4 is 5.32 Å². The molecule has 0 atom stereocenters. The minimum Gasteiger partial charge on any atom is -0.324 e. The second-order valence-electron chi connectivity index (χ2n) is 3.24. The molecule has 5 heteroatoms. The molecule has 0 aliphatic rings. The molecule has 0 saturated heterocycles. The largest absolute Gasteiger partial charge is 0.324 e. The molecule has 0 radical (unpaired) electrons. The van der Waals surface area contributed by atoms with Crippen LogP contribution in [0.3, 0.4) is 0 Å². The Morgan fingerprint density at radius 2 is 2.33 bits per heavy atom. The summed E-state index contributed by atoms with van der Waals surface area (Å²) in [5, 5.41) is 2.84. The van der Waals surface area contributed by atoms with Crippen molar-refractivity contribution in [3.8, 4) is 0 Å². The minimum atomic E-state index is 0.0259. The molecule has 1 N–H and O–H groups in total. The zero-order chi connectivity index (χ0) is 10.7. The van der Waals surface area contributed by atoms with Gasteiger partial charge < -0.3 is 5.32 Å². The third-order valence-electron chi connectivity index (χ3n) is 2.04. The number of rotatable bonds is 3. The van der Waals surface area contributed by atoms with Gasteiger partial charge in [0.1, 0.15) is 11.0 Å². The minimum absolute atomic E-state index is 0.0259. The third kappa shape index (κ3) is 2.12. The average Bonchev–Trinajstić information content (AvgIpc) is 2.67. The Bertz CT molecular complexity index is 480. The highest BCUT2D eigenvalue weighted by Crippen LogP contribution is 2.21. The van der Waals surface area contributed by atoms with Crippen molar-refractivity contribution in [2.75, 3.05) is 5.32 Å². The SMILES string of the molecule is CCCC(=O)Nc1cccc2nsnc12. The van der Waals surface area contributed by atoms with Crippen molar-refractivity contribution < 1.29 is 4.79 Å². The van der Waals surface area contributed by atoms with Crippen LogP contribution in [-0.2, 0) is 4.79 Å². The molecule has 1 amide bonds. The first-order valence-corrected chi connectivity index (χ1v) is 5.55. The van der Waals surface area contributed by atoms with E-state index in [0.717, 1.165) is 34.9 Å². The lowest BCUT2D eigenvalue weighted by molar-refractivity contribution is -0.116. The van der Waals surface area contributed by atoms with Gasteiger partial charge in [-0.1, -0.05) is 13.0 Å². The molecule has 4 nitrogen and oxygen atoms in total. The summed E-state index contributed by atoms with van der Waals surface area (Å²) in [5.41, 5.74) is 2.35. The lowest BCUT2D eigenvalue weighted by Gasteiger charge is -2.03. The number of nitrogens with one attached hydrogen (secondary N) is 1. The van der Waals surface area contributed by atoms with Gasteiger partial charge in [-0.15, -0.1) is 0 Å². The van der Waals surface area contributed by atoms with Gasteiger partial charge in [0.25, 0.3) is 0 Å². The Kier molecular flexibility index (Phi) is 2.91. The highest BCUT2D eigenvalue weighted by Gasteiger charge is 2.07. The van der Waals surface area contributed by atoms with Crippen LogP contribution in [0.5, 0.6) is 0 Å². The maximum atomic E-state index is 11.4. The van der Waals surface area contributed by atoms with Crippen molar-refractivity contribution >= 4 is 34.4 Å². The molecule has 0 bridgehead atoms. The van der Waals surface area contributed by atoms with Gasteiger partial charge in [-0.05, 0) is 18.6 Å². The Hall–Kier alpha value is -1.49. The van der Waals surface area contributed by atoms with Gasteiger partial charge in [0.15, 0.2) is 0 Å². The van der Waals surface area contributed by atoms with Gasteiger partial charge in [-0.3, -0.25) is 4.79 Å². The van der Waals surface area contributed by atoms with Gasteiger partial charge in [0.05, 0.1) is 17.4 Å². The zero-order valence-corrected chi connectivity index (χ0v) is 9.17. The molecule has 0 unspecified atom stereocenters. The average molecular weight is 221 g/mol. The highest BCUT2D eigenvalue weighted by molar-refractivity contribution is 7.00. The number of carbonyl (C=O) groups excluding carboxylic acids is 1. The fraction of sp³-hybridized carbons (Fsp3) is 0.300. The third-order valence-corrected chi connectivity index (χ3v) is 2.58. The maximum absolute atomic E-state index is 11.4. The van der Waals surface area contributed by atoms with E-state index in [1.807, 2.05) is 25.1 Å². The van der Waals surface area contributed by atoms with Crippen molar-refractivity contribution in [2.45, 2.75) is 19.8 Å². The smallest absolute Gasteiger partial charge is 0.224 e. The van der Waals surface area contributed by atoms with Crippen LogP contribution in [0.15, 0.2) is 18.2 Å². The number of carbonyl (C=O) groups is 1. The summed E-state index contributed by atoms with van der Waals surface area (Å²) in [5.74, 6) is 0.0259. The summed E-state index contributed by atoms with van der Waals surface area (Å²) in [6.45, 7) is 1.98. The van der Waals surface area contributed by atoms with E-state index in [-0.39, 0.29) is 5.91 Å². The van der Waals surface area contributed by atoms with Crippen LogP contribution in [0.1, 0.15) is 19.8 Å². The van der Waals surface area contributed by atoms with Gasteiger partial charge in [-0.25, -0.2) is 0 Å². The van der Waals surface area contributed by atoms with Gasteiger partial charge in [-0.2, -0.15) is 8.75 Å². The van der Waals surface area contributed by atoms with Crippen molar-refractivity contribution in [1.82, 2.24) is 8.75 Å². The van der Waals surface area contributed by atoms with Crippen LogP contribution >= 0.6 is 11.7 Å². The summed E-state index contributed by atoms with van der Waals surface area (Å²) in [4.78, 5) is 11.4. The second-order valence-corrected chi connectivity index (χ2v) is 3.76. The summed E-state index contributed by atoms with van der Waals surface area (Å²) >= 11 is 1.16. The summed E-state index contributed by atoms with van der Waals surface area (Å²) in [6, 6.07) is 5.59. The molecule has 0 saturated carbocycles. The predicted molar refractivity (Wildman–Crippen MR) is 61.0 cm³/mol. The lowest BCUT2D eigenvalue weighted by Crippen LogP contribution is -2.10. The Morgan fingerprint density at radius 3 is 3.13 bits per heavy atom. The first kappa shape index (κ1) is 10.0. The normalized spacial score (nSPS) is 10.5. The van der Waals surface area contributed by atoms with E-state index >= 15 is 0 Å². The van der Waals surface area contributed by atoms with E-state index < -0.39 is 0 Å². The highest BCUT2D eigenvalue weighted by atomic mass is 32.1. The van der Waals surface area contributed by atoms with E-state index in [4.69, 9.17) is 0 Å². The van der Waals surface area contributed by atoms with Gasteiger partial charge >= 0.3 is 0 Å². The van der Waals surface area contributed by atoms with Crippen molar-refractivity contribution in [3.05, 3.63) is 18.2 Å². The predicted octanol–water partition coefficient (Wildman–Crippen LogP) is 2.43. The van der Waals surface area contributed by atoms with Gasteiger partial charge in [0, 0.05) is 6.42 Å². The number of nitrogens with zero attached hydrogens (tertiary/aromatic N) is 2. The van der Waals surface area contributed by atoms with Crippen LogP contribution in [-0.4, -0.2) is 14.7 Å². The molecule has 2 rings (SSSR count). The molecular weight excluding hydrogens is 210 g/mol. The molecule has 1 aromatic heterocycles. The van der Waals surface area contributed by atoms with Crippen molar-refractivity contribution in [2.24, 2.45) is 0 Å². The van der Waals surface area contributed by atoms with Gasteiger partial charge in [0.2, 0.25) is 5.91 Å². The molecule has 2 aromatic rings. The number of benzene rings is 1. The molecule has 0 fully saturated rings. The number of hydrogen-bond donors (Lipinski definition) is 1. The molecule has 1 aromatic carbocycles. The topological polar surface area (TPSA) is 54.9 Å². The number of hydrogen-bond acceptors (Lipinski definition) is 4. The second kappa shape index (κ2) is 4.35. The molecule has 78 valence electrons. The first-order valence-electron chi connectivity index (χ1n) is 4.82. The summed E-state index contributed by atoms with van der Waals surface area (Å²) in [7, 11) is 0. The van der Waals surface area contributed by atoms with E-state index in [2.05, 4.69) is 14.1 Å². The van der Waals surface area contributed by atoms with Crippen LogP contribution in [0.25, 0.3) is 11.0 Å². The Morgan fingerprint density at radius 1 is 1.47 bits per heavy atom. The van der Waals surface area contributed by atoms with E-state index in [1.165, 1.54) is 0 Å². The van der Waals surface area contributed by atoms with Crippen molar-refractivity contribution in [1.29, 1.82) is 0 Å². The fourth-order valence-electron chi connectivity index (χ4n) is 1.35. The molecule has 0 spiro atoms. The first-order chi connectivity index (χ1) is 7.31. The molecule has 15 heavy (non-hydrogen) atoms. The lowest BCUT2D eigenvalue weighted by atomic mass is 10.2. The zero-order valence-electron chi connectivity index (χ0n) is 8.36. The van der Waals surface area contributed by atoms with Crippen LogP contribution in [0.4, 0.5) is 5.69 Å². The Labute approximate surface area is 91.6 Å². The number of amides is 1. The maximum Gasteiger partial charge on any atom is 0.224 e. The van der Waals surface area contributed by atoms with Crippen LogP contribution in [0, 0.1) is 0 Å². The summed E-state index contributed by atoms with van der Waals surface area (Å²) < 4.78 is 8.26. The fourth-order valence-corrected chi connectivity index (χ4v) is 1.90. The quantitative estimate of drug-likeness (QED) is 0.866. The van der Waals surface area contributed by atoms with E-state index in [9.17, 15) is 4.79 Å².